The van der Waals surface area contributed by atoms with Gasteiger partial charge in [-0.05, 0) is 11.4 Å². The van der Waals surface area contributed by atoms with Crippen molar-refractivity contribution in [2.45, 2.75) is 26.2 Å². The molecule has 0 aliphatic carbocycles. The lowest BCUT2D eigenvalue weighted by Crippen LogP contribution is -2.14. The third kappa shape index (κ3) is 3.26. The molecule has 4 nitrogen and oxygen atoms in total. The average molecular weight is 350 g/mol. The molecule has 0 fully saturated rings. The van der Waals surface area contributed by atoms with E-state index >= 15 is 0 Å². The molecule has 7 heteroatoms. The molecule has 0 radical (unpaired) electrons. The predicted molar refractivity (Wildman–Crippen MR) is 94.2 cm³/mol. The number of thiophene rings is 1. The van der Waals surface area contributed by atoms with Gasteiger partial charge in [-0.25, -0.2) is 9.97 Å². The summed E-state index contributed by atoms with van der Waals surface area (Å²) in [6.45, 7) is 6.30. The van der Waals surface area contributed by atoms with Crippen LogP contribution in [-0.4, -0.2) is 15.9 Å². The standard InChI is InChI=1S/C15H15N3OS3/c1-15(2,3)11-8-22-14(17-11)18-12(19)10-7-21-13(16-10)9-4-5-20-6-9/h4-8H,1-3H3,(H,17,18,19). The number of hydrogen-bond donors (Lipinski definition) is 1. The van der Waals surface area contributed by atoms with Crippen LogP contribution < -0.4 is 5.32 Å². The molecular weight excluding hydrogens is 334 g/mol. The van der Waals surface area contributed by atoms with E-state index in [0.717, 1.165) is 16.3 Å². The number of anilines is 1. The van der Waals surface area contributed by atoms with Gasteiger partial charge in [0.1, 0.15) is 10.7 Å². The number of carbonyl (C=O) groups is 1. The normalized spacial score (nSPS) is 11.6. The Kier molecular flexibility index (Phi) is 4.12. The monoisotopic (exact) mass is 349 g/mol. The van der Waals surface area contributed by atoms with Crippen LogP contribution in [0, 0.1) is 0 Å². The molecule has 22 heavy (non-hydrogen) atoms. The van der Waals surface area contributed by atoms with Gasteiger partial charge in [-0.3, -0.25) is 10.1 Å². The zero-order valence-electron chi connectivity index (χ0n) is 12.4. The molecule has 0 atom stereocenters. The molecule has 0 aliphatic rings. The summed E-state index contributed by atoms with van der Waals surface area (Å²) in [5.74, 6) is -0.215. The molecule has 3 aromatic heterocycles. The van der Waals surface area contributed by atoms with Crippen molar-refractivity contribution in [1.82, 2.24) is 9.97 Å². The summed E-state index contributed by atoms with van der Waals surface area (Å²) in [5.41, 5.74) is 2.44. The number of thiazole rings is 2. The van der Waals surface area contributed by atoms with E-state index in [1.54, 1.807) is 16.7 Å². The second-order valence-corrected chi connectivity index (χ2v) is 8.29. The summed E-state index contributed by atoms with van der Waals surface area (Å²) in [5, 5.41) is 12.1. The van der Waals surface area contributed by atoms with Crippen LogP contribution in [0.5, 0.6) is 0 Å². The first kappa shape index (κ1) is 15.3. The maximum atomic E-state index is 12.3. The minimum atomic E-state index is -0.215. The predicted octanol–water partition coefficient (Wildman–Crippen LogP) is 4.88. The van der Waals surface area contributed by atoms with E-state index in [0.29, 0.717) is 10.8 Å². The average Bonchev–Trinajstić information content (AvgIpc) is 3.18. The summed E-state index contributed by atoms with van der Waals surface area (Å²) >= 11 is 4.53. The molecule has 114 valence electrons. The van der Waals surface area contributed by atoms with E-state index in [4.69, 9.17) is 0 Å². The van der Waals surface area contributed by atoms with Gasteiger partial charge in [0.05, 0.1) is 5.69 Å². The summed E-state index contributed by atoms with van der Waals surface area (Å²) in [6, 6.07) is 2.00. The third-order valence-corrected chi connectivity index (χ3v) is 5.33. The number of aromatic nitrogens is 2. The SMILES string of the molecule is CC(C)(C)c1csc(NC(=O)c2csc(-c3ccsc3)n2)n1. The number of rotatable bonds is 3. The Morgan fingerprint density at radius 2 is 1.95 bits per heavy atom. The number of nitrogens with zero attached hydrogens (tertiary/aromatic N) is 2. The van der Waals surface area contributed by atoms with E-state index in [1.807, 2.05) is 22.2 Å². The van der Waals surface area contributed by atoms with Crippen LogP contribution in [0.15, 0.2) is 27.6 Å². The Labute approximate surface area is 140 Å². The number of amides is 1. The first-order valence-corrected chi connectivity index (χ1v) is 9.39. The topological polar surface area (TPSA) is 54.9 Å². The van der Waals surface area contributed by atoms with Gasteiger partial charge in [0.25, 0.3) is 5.91 Å². The van der Waals surface area contributed by atoms with Gasteiger partial charge in [-0.2, -0.15) is 11.3 Å². The Morgan fingerprint density at radius 1 is 1.14 bits per heavy atom. The van der Waals surface area contributed by atoms with Gasteiger partial charge in [0.2, 0.25) is 0 Å². The number of carbonyl (C=O) groups excluding carboxylic acids is 1. The molecule has 0 aliphatic heterocycles. The van der Waals surface area contributed by atoms with Crippen LogP contribution in [0.2, 0.25) is 0 Å². The minimum absolute atomic E-state index is 0.0216. The van der Waals surface area contributed by atoms with Crippen molar-refractivity contribution in [2.24, 2.45) is 0 Å². The summed E-state index contributed by atoms with van der Waals surface area (Å²) in [7, 11) is 0. The highest BCUT2D eigenvalue weighted by molar-refractivity contribution is 7.14. The van der Waals surface area contributed by atoms with E-state index in [9.17, 15) is 4.79 Å². The maximum Gasteiger partial charge on any atom is 0.276 e. The van der Waals surface area contributed by atoms with Crippen LogP contribution in [0.1, 0.15) is 37.0 Å². The Balaban J connectivity index is 1.74. The molecule has 3 heterocycles. The molecule has 0 aromatic carbocycles. The minimum Gasteiger partial charge on any atom is -0.296 e. The molecule has 1 amide bonds. The van der Waals surface area contributed by atoms with Crippen LogP contribution in [0.25, 0.3) is 10.6 Å². The van der Waals surface area contributed by atoms with Crippen molar-refractivity contribution in [1.29, 1.82) is 0 Å². The van der Waals surface area contributed by atoms with Crippen LogP contribution in [0.3, 0.4) is 0 Å². The van der Waals surface area contributed by atoms with Crippen molar-refractivity contribution in [3.8, 4) is 10.6 Å². The molecule has 0 unspecified atom stereocenters. The molecule has 0 saturated carbocycles. The Hall–Kier alpha value is -1.57. The van der Waals surface area contributed by atoms with Gasteiger partial charge in [0, 0.05) is 27.1 Å². The second kappa shape index (κ2) is 5.91. The third-order valence-electron chi connectivity index (χ3n) is 3.00. The Bertz CT molecular complexity index is 781. The van der Waals surface area contributed by atoms with Gasteiger partial charge in [0.15, 0.2) is 5.13 Å². The molecule has 1 N–H and O–H groups in total. The fraction of sp³-hybridized carbons (Fsp3) is 0.267. The summed E-state index contributed by atoms with van der Waals surface area (Å²) < 4.78 is 0. The fourth-order valence-corrected chi connectivity index (χ4v) is 4.18. The maximum absolute atomic E-state index is 12.3. The lowest BCUT2D eigenvalue weighted by Gasteiger charge is -2.14. The lowest BCUT2D eigenvalue weighted by atomic mass is 9.93. The van der Waals surface area contributed by atoms with Gasteiger partial charge < -0.3 is 0 Å². The van der Waals surface area contributed by atoms with Crippen molar-refractivity contribution in [2.75, 3.05) is 5.32 Å². The second-order valence-electron chi connectivity index (χ2n) is 5.79. The molecule has 0 spiro atoms. The van der Waals surface area contributed by atoms with Gasteiger partial charge in [-0.15, -0.1) is 22.7 Å². The van der Waals surface area contributed by atoms with Crippen molar-refractivity contribution in [3.05, 3.63) is 39.0 Å². The van der Waals surface area contributed by atoms with E-state index < -0.39 is 0 Å². The fourth-order valence-electron chi connectivity index (χ4n) is 1.73. The van der Waals surface area contributed by atoms with E-state index in [-0.39, 0.29) is 11.3 Å². The van der Waals surface area contributed by atoms with E-state index in [2.05, 4.69) is 36.1 Å². The molecule has 0 bridgehead atoms. The van der Waals surface area contributed by atoms with Crippen LogP contribution >= 0.6 is 34.0 Å². The highest BCUT2D eigenvalue weighted by Gasteiger charge is 2.19. The number of hydrogen-bond acceptors (Lipinski definition) is 6. The quantitative estimate of drug-likeness (QED) is 0.733. The smallest absolute Gasteiger partial charge is 0.276 e. The number of nitrogens with one attached hydrogen (secondary N) is 1. The molecule has 3 rings (SSSR count). The lowest BCUT2D eigenvalue weighted by molar-refractivity contribution is 0.102. The van der Waals surface area contributed by atoms with Gasteiger partial charge >= 0.3 is 0 Å². The van der Waals surface area contributed by atoms with Crippen molar-refractivity contribution in [3.63, 3.8) is 0 Å². The summed E-state index contributed by atoms with van der Waals surface area (Å²) in [6.07, 6.45) is 0. The van der Waals surface area contributed by atoms with Crippen molar-refractivity contribution < 1.29 is 4.79 Å². The first-order chi connectivity index (χ1) is 10.4. The van der Waals surface area contributed by atoms with Crippen LogP contribution in [-0.2, 0) is 5.41 Å². The highest BCUT2D eigenvalue weighted by atomic mass is 32.1. The molecular formula is C15H15N3OS3. The molecule has 3 aromatic rings. The molecule has 0 saturated heterocycles. The largest absolute Gasteiger partial charge is 0.296 e. The first-order valence-electron chi connectivity index (χ1n) is 6.69. The summed E-state index contributed by atoms with van der Waals surface area (Å²) in [4.78, 5) is 21.1. The van der Waals surface area contributed by atoms with E-state index in [1.165, 1.54) is 22.7 Å². The Morgan fingerprint density at radius 3 is 2.59 bits per heavy atom. The zero-order chi connectivity index (χ0) is 15.7. The van der Waals surface area contributed by atoms with Gasteiger partial charge in [-0.1, -0.05) is 20.8 Å². The highest BCUT2D eigenvalue weighted by Crippen LogP contribution is 2.28. The van der Waals surface area contributed by atoms with Crippen LogP contribution in [0.4, 0.5) is 5.13 Å². The zero-order valence-corrected chi connectivity index (χ0v) is 14.9. The van der Waals surface area contributed by atoms with Crippen molar-refractivity contribution >= 4 is 45.0 Å².